The quantitative estimate of drug-likeness (QED) is 0.330. The molecule has 0 amide bonds. The number of nitrogens with zero attached hydrogens (tertiary/aromatic N) is 1. The molecule has 0 bridgehead atoms. The Morgan fingerprint density at radius 3 is 2.41 bits per heavy atom. The molecule has 0 spiro atoms. The van der Waals surface area contributed by atoms with Gasteiger partial charge in [-0.2, -0.15) is 0 Å². The van der Waals surface area contributed by atoms with Crippen LogP contribution < -0.4 is 0 Å². The molecule has 1 aromatic rings. The summed E-state index contributed by atoms with van der Waals surface area (Å²) in [5.74, 6) is -4.09. The molecule has 7 heteroatoms. The van der Waals surface area contributed by atoms with Crippen LogP contribution >= 0.6 is 0 Å². The minimum Gasteiger partial charge on any atom is -0.468 e. The van der Waals surface area contributed by atoms with E-state index in [1.54, 1.807) is 6.92 Å². The molecule has 0 N–H and O–H groups in total. The zero-order chi connectivity index (χ0) is 16.9. The number of nitro groups is 1. The van der Waals surface area contributed by atoms with E-state index >= 15 is 0 Å². The molecule has 0 fully saturated rings. The van der Waals surface area contributed by atoms with Gasteiger partial charge in [-0.15, -0.1) is 0 Å². The number of hydrogen-bond acceptors (Lipinski definition) is 6. The highest BCUT2D eigenvalue weighted by atomic mass is 16.6. The van der Waals surface area contributed by atoms with Crippen molar-refractivity contribution in [1.82, 2.24) is 0 Å². The number of carbonyl (C=O) groups is 3. The van der Waals surface area contributed by atoms with E-state index < -0.39 is 34.3 Å². The van der Waals surface area contributed by atoms with Gasteiger partial charge in [0, 0.05) is 18.6 Å². The molecule has 22 heavy (non-hydrogen) atoms. The van der Waals surface area contributed by atoms with Gasteiger partial charge in [0.2, 0.25) is 0 Å². The van der Waals surface area contributed by atoms with Gasteiger partial charge < -0.3 is 4.74 Å². The second-order valence-electron chi connectivity index (χ2n) is 4.76. The summed E-state index contributed by atoms with van der Waals surface area (Å²) < 4.78 is 4.62. The van der Waals surface area contributed by atoms with Gasteiger partial charge in [-0.05, 0) is 12.5 Å². The molecular weight excluding hydrogens is 290 g/mol. The molecule has 0 aliphatic carbocycles. The highest BCUT2D eigenvalue weighted by Crippen LogP contribution is 2.30. The number of esters is 1. The molecule has 0 aliphatic heterocycles. The van der Waals surface area contributed by atoms with Crippen molar-refractivity contribution >= 4 is 23.2 Å². The Morgan fingerprint density at radius 1 is 1.32 bits per heavy atom. The van der Waals surface area contributed by atoms with E-state index in [2.05, 4.69) is 4.74 Å². The summed E-state index contributed by atoms with van der Waals surface area (Å²) in [6, 6.07) is 5.37. The third-order valence-electron chi connectivity index (χ3n) is 3.36. The Hall–Kier alpha value is -2.57. The summed E-state index contributed by atoms with van der Waals surface area (Å²) in [6.07, 6.45) is 0.0540. The van der Waals surface area contributed by atoms with Gasteiger partial charge in [-0.1, -0.05) is 19.1 Å². The largest absolute Gasteiger partial charge is 0.468 e. The topological polar surface area (TPSA) is 104 Å². The lowest BCUT2D eigenvalue weighted by atomic mass is 9.80. The highest BCUT2D eigenvalue weighted by molar-refractivity contribution is 6.05. The maximum atomic E-state index is 12.1. The van der Waals surface area contributed by atoms with Gasteiger partial charge in [-0.3, -0.25) is 24.5 Å². The SMILES string of the molecule is CCC(=O)C(C(=O)OC)C(C(C)=O)c1cccc([N+](=O)[O-])c1. The number of nitro benzene ring substituents is 1. The summed E-state index contributed by atoms with van der Waals surface area (Å²) in [4.78, 5) is 46.2. The van der Waals surface area contributed by atoms with Crippen molar-refractivity contribution in [1.29, 1.82) is 0 Å². The Morgan fingerprint density at radius 2 is 1.95 bits per heavy atom. The lowest BCUT2D eigenvalue weighted by Crippen LogP contribution is -2.34. The van der Waals surface area contributed by atoms with Gasteiger partial charge in [0.1, 0.15) is 17.5 Å². The second kappa shape index (κ2) is 7.44. The fourth-order valence-electron chi connectivity index (χ4n) is 2.29. The second-order valence-corrected chi connectivity index (χ2v) is 4.76. The molecule has 118 valence electrons. The first kappa shape index (κ1) is 17.5. The molecule has 1 rings (SSSR count). The third-order valence-corrected chi connectivity index (χ3v) is 3.36. The Labute approximate surface area is 127 Å². The van der Waals surface area contributed by atoms with Crippen molar-refractivity contribution in [2.75, 3.05) is 7.11 Å². The molecule has 2 atom stereocenters. The van der Waals surface area contributed by atoms with Gasteiger partial charge >= 0.3 is 5.97 Å². The molecule has 2 unspecified atom stereocenters. The standard InChI is InChI=1S/C15H17NO6/c1-4-12(18)14(15(19)22-3)13(9(2)17)10-6-5-7-11(8-10)16(20)21/h5-8,13-14H,4H2,1-3H3. The first-order chi connectivity index (χ1) is 10.3. The number of ether oxygens (including phenoxy) is 1. The Bertz CT molecular complexity index is 594. The van der Waals surface area contributed by atoms with Gasteiger partial charge in [0.05, 0.1) is 18.0 Å². The number of rotatable bonds is 7. The first-order valence-electron chi connectivity index (χ1n) is 6.68. The van der Waals surface area contributed by atoms with E-state index in [1.165, 1.54) is 31.2 Å². The Kier molecular flexibility index (Phi) is 5.91. The number of benzene rings is 1. The molecule has 1 aromatic carbocycles. The summed E-state index contributed by atoms with van der Waals surface area (Å²) in [7, 11) is 1.13. The molecule has 0 saturated carbocycles. The zero-order valence-corrected chi connectivity index (χ0v) is 12.6. The summed E-state index contributed by atoms with van der Waals surface area (Å²) in [6.45, 7) is 2.81. The van der Waals surface area contributed by atoms with Crippen LogP contribution in [0.5, 0.6) is 0 Å². The molecule has 7 nitrogen and oxygen atoms in total. The van der Waals surface area contributed by atoms with Crippen LogP contribution in [0, 0.1) is 16.0 Å². The molecule has 0 aromatic heterocycles. The number of non-ortho nitro benzene ring substituents is 1. The van der Waals surface area contributed by atoms with E-state index in [0.29, 0.717) is 0 Å². The van der Waals surface area contributed by atoms with Crippen molar-refractivity contribution in [3.63, 3.8) is 0 Å². The average Bonchev–Trinajstić information content (AvgIpc) is 2.50. The van der Waals surface area contributed by atoms with Crippen LogP contribution in [0.1, 0.15) is 31.7 Å². The number of carbonyl (C=O) groups excluding carboxylic acids is 3. The predicted octanol–water partition coefficient (Wildman–Crippen LogP) is 2.04. The van der Waals surface area contributed by atoms with Crippen LogP contribution in [-0.4, -0.2) is 29.6 Å². The van der Waals surface area contributed by atoms with Crippen molar-refractivity contribution in [2.24, 2.45) is 5.92 Å². The number of ketones is 2. The lowest BCUT2D eigenvalue weighted by Gasteiger charge is -2.22. The average molecular weight is 307 g/mol. The minimum atomic E-state index is -1.30. The van der Waals surface area contributed by atoms with Crippen LogP contribution in [0.15, 0.2) is 24.3 Å². The summed E-state index contributed by atoms with van der Waals surface area (Å²) in [5.41, 5.74) is 0.0372. The molecular formula is C15H17NO6. The normalized spacial score (nSPS) is 13.0. The maximum absolute atomic E-state index is 12.1. The van der Waals surface area contributed by atoms with E-state index in [0.717, 1.165) is 7.11 Å². The zero-order valence-electron chi connectivity index (χ0n) is 12.6. The van der Waals surface area contributed by atoms with Crippen LogP contribution in [0.2, 0.25) is 0 Å². The van der Waals surface area contributed by atoms with Crippen molar-refractivity contribution < 1.29 is 24.0 Å². The number of hydrogen-bond donors (Lipinski definition) is 0. The molecule has 0 radical (unpaired) electrons. The van der Waals surface area contributed by atoms with E-state index in [1.807, 2.05) is 0 Å². The number of methoxy groups -OCH3 is 1. The number of Topliss-reactive ketones (excluding diaryl/α,β-unsaturated/α-hetero) is 2. The Balaban J connectivity index is 3.40. The lowest BCUT2D eigenvalue weighted by molar-refractivity contribution is -0.384. The first-order valence-corrected chi connectivity index (χ1v) is 6.68. The van der Waals surface area contributed by atoms with Crippen LogP contribution in [0.4, 0.5) is 5.69 Å². The van der Waals surface area contributed by atoms with Crippen molar-refractivity contribution in [3.05, 3.63) is 39.9 Å². The van der Waals surface area contributed by atoms with E-state index in [4.69, 9.17) is 0 Å². The minimum absolute atomic E-state index is 0.0540. The summed E-state index contributed by atoms with van der Waals surface area (Å²) in [5, 5.41) is 10.9. The summed E-state index contributed by atoms with van der Waals surface area (Å²) >= 11 is 0. The van der Waals surface area contributed by atoms with Crippen molar-refractivity contribution in [3.8, 4) is 0 Å². The van der Waals surface area contributed by atoms with Gasteiger partial charge in [0.15, 0.2) is 0 Å². The van der Waals surface area contributed by atoms with E-state index in [-0.39, 0.29) is 17.7 Å². The molecule has 0 aliphatic rings. The smallest absolute Gasteiger partial charge is 0.317 e. The third kappa shape index (κ3) is 3.75. The fourth-order valence-corrected chi connectivity index (χ4v) is 2.29. The van der Waals surface area contributed by atoms with Gasteiger partial charge in [-0.25, -0.2) is 0 Å². The predicted molar refractivity (Wildman–Crippen MR) is 77.3 cm³/mol. The molecule has 0 heterocycles. The van der Waals surface area contributed by atoms with Crippen LogP contribution in [-0.2, 0) is 19.1 Å². The van der Waals surface area contributed by atoms with Crippen LogP contribution in [0.25, 0.3) is 0 Å². The van der Waals surface area contributed by atoms with Gasteiger partial charge in [0.25, 0.3) is 5.69 Å². The highest BCUT2D eigenvalue weighted by Gasteiger charge is 2.38. The van der Waals surface area contributed by atoms with E-state index in [9.17, 15) is 24.5 Å². The van der Waals surface area contributed by atoms with Crippen LogP contribution in [0.3, 0.4) is 0 Å². The van der Waals surface area contributed by atoms with Crippen molar-refractivity contribution in [2.45, 2.75) is 26.2 Å². The maximum Gasteiger partial charge on any atom is 0.317 e. The fraction of sp³-hybridized carbons (Fsp3) is 0.400. The molecule has 0 saturated heterocycles. The monoisotopic (exact) mass is 307 g/mol.